The van der Waals surface area contributed by atoms with Gasteiger partial charge in [-0.15, -0.1) is 0 Å². The van der Waals surface area contributed by atoms with Crippen LogP contribution in [0.25, 0.3) is 0 Å². The minimum Gasteiger partial charge on any atom is -0.494 e. The van der Waals surface area contributed by atoms with Crippen molar-refractivity contribution in [3.8, 4) is 5.75 Å². The van der Waals surface area contributed by atoms with E-state index in [1.807, 2.05) is 31.2 Å². The molecule has 0 aliphatic carbocycles. The highest BCUT2D eigenvalue weighted by atomic mass is 16.5. The summed E-state index contributed by atoms with van der Waals surface area (Å²) in [5.41, 5.74) is 3.15. The second-order valence-corrected chi connectivity index (χ2v) is 7.98. The number of benzene rings is 2. The number of amides is 1. The molecule has 1 amide bonds. The first-order valence-electron chi connectivity index (χ1n) is 10.6. The molecule has 3 heteroatoms. The van der Waals surface area contributed by atoms with E-state index >= 15 is 0 Å². The van der Waals surface area contributed by atoms with E-state index in [1.165, 1.54) is 24.8 Å². The summed E-state index contributed by atoms with van der Waals surface area (Å²) in [5.74, 6) is 1.30. The predicted octanol–water partition coefficient (Wildman–Crippen LogP) is 6.59. The minimum absolute atomic E-state index is 0.00448. The molecule has 1 N–H and O–H groups in total. The van der Waals surface area contributed by atoms with Crippen LogP contribution in [0.4, 0.5) is 5.69 Å². The van der Waals surface area contributed by atoms with Crippen molar-refractivity contribution in [1.29, 1.82) is 0 Å². The van der Waals surface area contributed by atoms with Gasteiger partial charge < -0.3 is 10.1 Å². The van der Waals surface area contributed by atoms with Gasteiger partial charge in [0.15, 0.2) is 0 Å². The van der Waals surface area contributed by atoms with E-state index in [9.17, 15) is 4.79 Å². The number of carbonyl (C=O) groups is 1. The summed E-state index contributed by atoms with van der Waals surface area (Å²) in [4.78, 5) is 12.6. The van der Waals surface area contributed by atoms with Crippen molar-refractivity contribution in [2.75, 3.05) is 11.9 Å². The van der Waals surface area contributed by atoms with Crippen molar-refractivity contribution in [3.05, 3.63) is 59.7 Å². The molecule has 0 radical (unpaired) electrons. The van der Waals surface area contributed by atoms with E-state index in [0.717, 1.165) is 36.4 Å². The maximum absolute atomic E-state index is 12.6. The van der Waals surface area contributed by atoms with Crippen molar-refractivity contribution in [1.82, 2.24) is 0 Å². The van der Waals surface area contributed by atoms with Gasteiger partial charge in [0.2, 0.25) is 5.91 Å². The Hall–Kier alpha value is -2.29. The first-order chi connectivity index (χ1) is 13.5. The van der Waals surface area contributed by atoms with Crippen LogP contribution in [0.3, 0.4) is 0 Å². The van der Waals surface area contributed by atoms with Crippen LogP contribution in [0.5, 0.6) is 5.75 Å². The lowest BCUT2D eigenvalue weighted by molar-refractivity contribution is -0.117. The molecule has 0 aromatic heterocycles. The maximum atomic E-state index is 12.6. The van der Waals surface area contributed by atoms with Gasteiger partial charge in [0.25, 0.3) is 0 Å². The van der Waals surface area contributed by atoms with Gasteiger partial charge in [-0.25, -0.2) is 0 Å². The van der Waals surface area contributed by atoms with Crippen LogP contribution in [0, 0.1) is 5.92 Å². The monoisotopic (exact) mass is 381 g/mol. The summed E-state index contributed by atoms with van der Waals surface area (Å²) in [5, 5.41) is 3.00. The van der Waals surface area contributed by atoms with Crippen LogP contribution < -0.4 is 10.1 Å². The Morgan fingerprint density at radius 3 is 2.21 bits per heavy atom. The van der Waals surface area contributed by atoms with Crippen LogP contribution in [-0.4, -0.2) is 12.5 Å². The highest BCUT2D eigenvalue weighted by Gasteiger charge is 2.15. The zero-order valence-corrected chi connectivity index (χ0v) is 17.8. The lowest BCUT2D eigenvalue weighted by Gasteiger charge is -2.14. The zero-order chi connectivity index (χ0) is 20.4. The summed E-state index contributed by atoms with van der Waals surface area (Å²) in [6.07, 6.45) is 5.84. The summed E-state index contributed by atoms with van der Waals surface area (Å²) >= 11 is 0. The molecule has 28 heavy (non-hydrogen) atoms. The molecule has 2 rings (SSSR count). The lowest BCUT2D eigenvalue weighted by atomic mass is 9.96. The molecule has 2 aromatic rings. The smallest absolute Gasteiger partial charge is 0.231 e. The maximum Gasteiger partial charge on any atom is 0.231 e. The van der Waals surface area contributed by atoms with E-state index in [4.69, 9.17) is 4.74 Å². The van der Waals surface area contributed by atoms with Crippen molar-refractivity contribution in [2.45, 2.75) is 65.7 Å². The van der Waals surface area contributed by atoms with Crippen molar-refractivity contribution in [3.63, 3.8) is 0 Å². The summed E-state index contributed by atoms with van der Waals surface area (Å²) in [6.45, 7) is 9.33. The van der Waals surface area contributed by atoms with Crippen molar-refractivity contribution < 1.29 is 9.53 Å². The van der Waals surface area contributed by atoms with Gasteiger partial charge in [0, 0.05) is 5.69 Å². The summed E-state index contributed by atoms with van der Waals surface area (Å²) in [7, 11) is 0. The van der Waals surface area contributed by atoms with Gasteiger partial charge in [-0.2, -0.15) is 0 Å². The second kappa shape index (κ2) is 11.5. The van der Waals surface area contributed by atoms with Crippen molar-refractivity contribution in [2.24, 2.45) is 5.92 Å². The highest BCUT2D eigenvalue weighted by molar-refractivity contribution is 5.95. The Bertz CT molecular complexity index is 704. The van der Waals surface area contributed by atoms with E-state index in [-0.39, 0.29) is 11.8 Å². The van der Waals surface area contributed by atoms with Gasteiger partial charge in [-0.1, -0.05) is 64.3 Å². The fourth-order valence-corrected chi connectivity index (χ4v) is 3.17. The summed E-state index contributed by atoms with van der Waals surface area (Å²) < 4.78 is 5.76. The fourth-order valence-electron chi connectivity index (χ4n) is 3.17. The highest BCUT2D eigenvalue weighted by Crippen LogP contribution is 2.21. The average molecular weight is 382 g/mol. The third-order valence-electron chi connectivity index (χ3n) is 4.91. The quantitative estimate of drug-likeness (QED) is 0.446. The molecule has 0 bridgehead atoms. The SMILES string of the molecule is CCCCCCOc1ccc(NC(=O)C(C)c2ccc(CC(C)C)cc2)cc1. The molecule has 0 aliphatic rings. The minimum atomic E-state index is -0.192. The molecule has 152 valence electrons. The van der Waals surface area contributed by atoms with Gasteiger partial charge in [0.05, 0.1) is 12.5 Å². The number of unbranched alkanes of at least 4 members (excludes halogenated alkanes) is 3. The molecule has 1 unspecified atom stereocenters. The number of ether oxygens (including phenoxy) is 1. The van der Waals surface area contributed by atoms with Crippen LogP contribution >= 0.6 is 0 Å². The molecule has 0 spiro atoms. The van der Waals surface area contributed by atoms with Crippen LogP contribution in [-0.2, 0) is 11.2 Å². The van der Waals surface area contributed by atoms with Crippen molar-refractivity contribution >= 4 is 11.6 Å². The third-order valence-corrected chi connectivity index (χ3v) is 4.91. The van der Waals surface area contributed by atoms with Gasteiger partial charge in [-0.3, -0.25) is 4.79 Å². The normalized spacial score (nSPS) is 12.0. The van der Waals surface area contributed by atoms with Crippen LogP contribution in [0.2, 0.25) is 0 Å². The zero-order valence-electron chi connectivity index (χ0n) is 17.8. The van der Waals surface area contributed by atoms with E-state index in [1.54, 1.807) is 0 Å². The summed E-state index contributed by atoms with van der Waals surface area (Å²) in [6, 6.07) is 16.0. The number of carbonyl (C=O) groups excluding carboxylic acids is 1. The van der Waals surface area contributed by atoms with Crippen LogP contribution in [0.15, 0.2) is 48.5 Å². The van der Waals surface area contributed by atoms with E-state index < -0.39 is 0 Å². The van der Waals surface area contributed by atoms with Gasteiger partial charge >= 0.3 is 0 Å². The number of hydrogen-bond acceptors (Lipinski definition) is 2. The fraction of sp³-hybridized carbons (Fsp3) is 0.480. The lowest BCUT2D eigenvalue weighted by Crippen LogP contribution is -2.18. The number of rotatable bonds is 11. The molecule has 0 aliphatic heterocycles. The Kier molecular flexibility index (Phi) is 9.06. The number of nitrogens with one attached hydrogen (secondary N) is 1. The van der Waals surface area contributed by atoms with Crippen LogP contribution in [0.1, 0.15) is 70.4 Å². The molecular weight excluding hydrogens is 346 g/mol. The Morgan fingerprint density at radius 1 is 0.929 bits per heavy atom. The first-order valence-corrected chi connectivity index (χ1v) is 10.6. The predicted molar refractivity (Wildman–Crippen MR) is 118 cm³/mol. The Balaban J connectivity index is 1.84. The largest absolute Gasteiger partial charge is 0.494 e. The topological polar surface area (TPSA) is 38.3 Å². The molecule has 1 atom stereocenters. The third kappa shape index (κ3) is 7.38. The van der Waals surface area contributed by atoms with Gasteiger partial charge in [0.1, 0.15) is 5.75 Å². The Labute approximate surface area is 170 Å². The molecule has 0 saturated heterocycles. The van der Waals surface area contributed by atoms with Gasteiger partial charge in [-0.05, 0) is 61.1 Å². The number of hydrogen-bond donors (Lipinski definition) is 1. The molecule has 0 saturated carbocycles. The molecule has 2 aromatic carbocycles. The first kappa shape index (κ1) is 22.0. The van der Waals surface area contributed by atoms with E-state index in [2.05, 4.69) is 50.4 Å². The molecule has 3 nitrogen and oxygen atoms in total. The average Bonchev–Trinajstić information content (AvgIpc) is 2.68. The molecule has 0 heterocycles. The standard InChI is InChI=1S/C25H35NO2/c1-5-6-7-8-17-28-24-15-13-23(14-16-24)26-25(27)20(4)22-11-9-21(10-12-22)18-19(2)3/h9-16,19-20H,5-8,17-18H2,1-4H3,(H,26,27). The Morgan fingerprint density at radius 2 is 1.61 bits per heavy atom. The molecular formula is C25H35NO2. The molecule has 0 fully saturated rings. The second-order valence-electron chi connectivity index (χ2n) is 7.98. The number of anilines is 1. The van der Waals surface area contributed by atoms with E-state index in [0.29, 0.717) is 5.92 Å².